The van der Waals surface area contributed by atoms with Crippen molar-refractivity contribution in [3.05, 3.63) is 56.9 Å². The van der Waals surface area contributed by atoms with E-state index in [1.165, 1.54) is 10.4 Å². The van der Waals surface area contributed by atoms with Crippen molar-refractivity contribution in [2.24, 2.45) is 4.99 Å². The summed E-state index contributed by atoms with van der Waals surface area (Å²) in [6, 6.07) is 9.73. The molecule has 3 heterocycles. The van der Waals surface area contributed by atoms with Crippen LogP contribution in [-0.2, 0) is 13.0 Å². The molecule has 1 fully saturated rings. The van der Waals surface area contributed by atoms with Crippen molar-refractivity contribution >= 4 is 39.8 Å². The van der Waals surface area contributed by atoms with Gasteiger partial charge < -0.3 is 15.6 Å². The smallest absolute Gasteiger partial charge is 0.287 e. The van der Waals surface area contributed by atoms with Crippen molar-refractivity contribution in [2.45, 2.75) is 51.6 Å². The monoisotopic (exact) mass is 434 g/mol. The van der Waals surface area contributed by atoms with Crippen LogP contribution in [0.15, 0.2) is 35.3 Å². The molecule has 1 atom stereocenters. The fourth-order valence-corrected chi connectivity index (χ4v) is 5.50. The van der Waals surface area contributed by atoms with Gasteiger partial charge in [-0.2, -0.15) is 0 Å². The van der Waals surface area contributed by atoms with Crippen LogP contribution in [0.25, 0.3) is 10.9 Å². The van der Waals surface area contributed by atoms with E-state index < -0.39 is 0 Å². The number of fused-ring (bicyclic) bond motifs is 2. The van der Waals surface area contributed by atoms with E-state index in [-0.39, 0.29) is 17.9 Å². The zero-order valence-electron chi connectivity index (χ0n) is 17.6. The van der Waals surface area contributed by atoms with E-state index in [1.807, 2.05) is 31.2 Å². The Morgan fingerprint density at radius 1 is 1.16 bits per heavy atom. The van der Waals surface area contributed by atoms with Crippen LogP contribution in [0.1, 0.15) is 61.8 Å². The predicted octanol–water partition coefficient (Wildman–Crippen LogP) is 4.14. The molecule has 31 heavy (non-hydrogen) atoms. The third kappa shape index (κ3) is 4.20. The van der Waals surface area contributed by atoms with Crippen molar-refractivity contribution < 1.29 is 9.59 Å². The first kappa shape index (κ1) is 20.2. The summed E-state index contributed by atoms with van der Waals surface area (Å²) < 4.78 is 0. The third-order valence-corrected chi connectivity index (χ3v) is 7.33. The molecule has 0 bridgehead atoms. The second kappa shape index (κ2) is 8.40. The Morgan fingerprint density at radius 3 is 2.94 bits per heavy atom. The summed E-state index contributed by atoms with van der Waals surface area (Å²) >= 11 is 1.56. The van der Waals surface area contributed by atoms with Crippen LogP contribution in [0.4, 0.5) is 0 Å². The van der Waals surface area contributed by atoms with E-state index in [2.05, 4.69) is 26.7 Å². The molecule has 1 aliphatic heterocycles. The lowest BCUT2D eigenvalue weighted by Gasteiger charge is -2.24. The summed E-state index contributed by atoms with van der Waals surface area (Å²) in [6.07, 6.45) is 4.53. The number of hydrogen-bond donors (Lipinski definition) is 3. The average molecular weight is 435 g/mol. The number of aromatic amines is 1. The zero-order valence-corrected chi connectivity index (χ0v) is 18.4. The molecule has 160 valence electrons. The fraction of sp³-hybridized carbons (Fsp3) is 0.375. The molecule has 3 aromatic rings. The molecule has 1 saturated carbocycles. The second-order valence-electron chi connectivity index (χ2n) is 8.44. The van der Waals surface area contributed by atoms with Crippen LogP contribution in [-0.4, -0.2) is 35.1 Å². The number of aromatic nitrogens is 1. The average Bonchev–Trinajstić information content (AvgIpc) is 3.39. The first-order valence-electron chi connectivity index (χ1n) is 10.9. The third-order valence-electron chi connectivity index (χ3n) is 6.10. The van der Waals surface area contributed by atoms with Crippen molar-refractivity contribution in [2.75, 3.05) is 6.54 Å². The molecule has 0 unspecified atom stereocenters. The molecule has 1 aromatic carbocycles. The summed E-state index contributed by atoms with van der Waals surface area (Å²) in [6.45, 7) is 3.81. The topological polar surface area (TPSA) is 86.3 Å². The lowest BCUT2D eigenvalue weighted by molar-refractivity contribution is 0.0936. The summed E-state index contributed by atoms with van der Waals surface area (Å²) in [4.78, 5) is 35.4. The Bertz CT molecular complexity index is 1170. The number of amides is 2. The number of aliphatic imine (C=N–C) groups is 1. The number of carbonyl (C=O) groups is 2. The summed E-state index contributed by atoms with van der Waals surface area (Å²) in [5, 5.41) is 7.47. The van der Waals surface area contributed by atoms with Gasteiger partial charge in [0, 0.05) is 34.6 Å². The molecule has 2 aromatic heterocycles. The first-order valence-corrected chi connectivity index (χ1v) is 11.7. The van der Waals surface area contributed by atoms with Crippen molar-refractivity contribution in [1.29, 1.82) is 0 Å². The van der Waals surface area contributed by atoms with Gasteiger partial charge in [0.1, 0.15) is 5.69 Å². The summed E-state index contributed by atoms with van der Waals surface area (Å²) in [5.74, 6) is -0.338. The lowest BCUT2D eigenvalue weighted by atomic mass is 9.93. The molecule has 7 heteroatoms. The van der Waals surface area contributed by atoms with Crippen LogP contribution >= 0.6 is 11.3 Å². The van der Waals surface area contributed by atoms with Gasteiger partial charge in [0.05, 0.1) is 10.9 Å². The molecule has 6 nitrogen and oxygen atoms in total. The minimum atomic E-state index is -0.199. The molecular formula is C24H26N4O2S. The molecule has 1 aliphatic carbocycles. The maximum atomic E-state index is 12.9. The van der Waals surface area contributed by atoms with Gasteiger partial charge in [0.25, 0.3) is 11.8 Å². The van der Waals surface area contributed by atoms with Crippen molar-refractivity contribution in [3.63, 3.8) is 0 Å². The summed E-state index contributed by atoms with van der Waals surface area (Å²) in [7, 11) is 0. The predicted molar refractivity (Wildman–Crippen MR) is 124 cm³/mol. The van der Waals surface area contributed by atoms with E-state index in [0.29, 0.717) is 10.6 Å². The van der Waals surface area contributed by atoms with E-state index in [4.69, 9.17) is 0 Å². The van der Waals surface area contributed by atoms with Gasteiger partial charge in [0.2, 0.25) is 0 Å². The van der Waals surface area contributed by atoms with Crippen LogP contribution in [0, 0.1) is 6.92 Å². The van der Waals surface area contributed by atoms with Gasteiger partial charge in [-0.3, -0.25) is 9.59 Å². The number of rotatable bonds is 3. The number of carbonyl (C=O) groups excluding carboxylic acids is 2. The Balaban J connectivity index is 1.34. The Kier molecular flexibility index (Phi) is 5.46. The maximum Gasteiger partial charge on any atom is 0.287 e. The normalized spacial score (nSPS) is 20.0. The van der Waals surface area contributed by atoms with Crippen LogP contribution < -0.4 is 10.6 Å². The Labute approximate surface area is 185 Å². The lowest BCUT2D eigenvalue weighted by Crippen LogP contribution is -2.43. The zero-order chi connectivity index (χ0) is 21.4. The van der Waals surface area contributed by atoms with Gasteiger partial charge in [-0.1, -0.05) is 18.1 Å². The van der Waals surface area contributed by atoms with Crippen LogP contribution in [0.3, 0.4) is 0 Å². The highest BCUT2D eigenvalue weighted by atomic mass is 32.1. The Hall–Kier alpha value is -2.77. The number of H-pyrrole nitrogens is 1. The standard InChI is InChI=1S/C24H26N4O2S/c1-14-6-7-17-15(10-14)11-20(26-17)23(29)27-18-4-2-3-5-19(18)28-24(30)22-12-16-13-25-9-8-21(16)31-22/h6-7,10-12,18,25-26H,2-5,8-9,13H2,1H3,(H,27,29)/t18-/m0/s1. The van der Waals surface area contributed by atoms with Crippen molar-refractivity contribution in [1.82, 2.24) is 15.6 Å². The largest absolute Gasteiger partial charge is 0.351 e. The van der Waals surface area contributed by atoms with Crippen LogP contribution in [0.5, 0.6) is 0 Å². The highest BCUT2D eigenvalue weighted by Crippen LogP contribution is 2.27. The number of thiophene rings is 1. The quantitative estimate of drug-likeness (QED) is 0.579. The molecule has 2 amide bonds. The molecule has 0 saturated heterocycles. The minimum Gasteiger partial charge on any atom is -0.351 e. The number of hydrogen-bond acceptors (Lipinski definition) is 4. The number of nitrogens with zero attached hydrogens (tertiary/aromatic N) is 1. The fourth-order valence-electron chi connectivity index (χ4n) is 4.44. The summed E-state index contributed by atoms with van der Waals surface area (Å²) in [5.41, 5.74) is 4.64. The minimum absolute atomic E-state index is 0.154. The molecule has 2 aliphatic rings. The van der Waals surface area contributed by atoms with Crippen molar-refractivity contribution in [3.8, 4) is 0 Å². The molecule has 0 radical (unpaired) electrons. The van der Waals surface area contributed by atoms with Gasteiger partial charge in [0.15, 0.2) is 0 Å². The van der Waals surface area contributed by atoms with Gasteiger partial charge in [-0.15, -0.1) is 11.3 Å². The number of nitrogens with one attached hydrogen (secondary N) is 3. The second-order valence-corrected chi connectivity index (χ2v) is 9.58. The first-order chi connectivity index (χ1) is 15.1. The van der Waals surface area contributed by atoms with Gasteiger partial charge in [-0.05, 0) is 62.4 Å². The number of aryl methyl sites for hydroxylation is 1. The Morgan fingerprint density at radius 2 is 2.06 bits per heavy atom. The van der Waals surface area contributed by atoms with Gasteiger partial charge in [-0.25, -0.2) is 4.99 Å². The molecular weight excluding hydrogens is 408 g/mol. The van der Waals surface area contributed by atoms with E-state index >= 15 is 0 Å². The highest BCUT2D eigenvalue weighted by molar-refractivity contribution is 7.14. The van der Waals surface area contributed by atoms with Gasteiger partial charge >= 0.3 is 0 Å². The van der Waals surface area contributed by atoms with E-state index in [1.54, 1.807) is 11.3 Å². The SMILES string of the molecule is Cc1ccc2[nH]c(C(=O)N[C@H]3CCCCC3=NC(=O)c3cc4c(s3)CCNC4)cc2c1. The number of benzene rings is 1. The molecule has 0 spiro atoms. The van der Waals surface area contributed by atoms with E-state index in [0.717, 1.165) is 67.4 Å². The molecule has 5 rings (SSSR count). The van der Waals surface area contributed by atoms with Crippen LogP contribution in [0.2, 0.25) is 0 Å². The molecule has 3 N–H and O–H groups in total. The van der Waals surface area contributed by atoms with E-state index in [9.17, 15) is 9.59 Å². The highest BCUT2D eigenvalue weighted by Gasteiger charge is 2.25. The maximum absolute atomic E-state index is 12.9.